The molecule has 6 heteroatoms. The Morgan fingerprint density at radius 3 is 2.67 bits per heavy atom. The van der Waals surface area contributed by atoms with E-state index < -0.39 is 0 Å². The number of carbonyl (C=O) groups is 1. The van der Waals surface area contributed by atoms with Gasteiger partial charge in [0, 0.05) is 5.56 Å². The number of fused-ring (bicyclic) bond motifs is 1. The van der Waals surface area contributed by atoms with Crippen molar-refractivity contribution < 1.29 is 4.79 Å². The number of para-hydroxylation sites is 2. The summed E-state index contributed by atoms with van der Waals surface area (Å²) in [5, 5.41) is 0.841. The standard InChI is InChI=1S/C18H14N4OS/c1-12-16(24-18(20-12)13-7-3-2-4-8-13)17(23)21-22-11-19-14-9-5-6-10-15(14)22/h2-11H,1H3,(H,21,23). The quantitative estimate of drug-likeness (QED) is 0.619. The molecule has 2 aromatic heterocycles. The summed E-state index contributed by atoms with van der Waals surface area (Å²) in [6.07, 6.45) is 1.61. The van der Waals surface area contributed by atoms with Crippen LogP contribution in [0.5, 0.6) is 0 Å². The summed E-state index contributed by atoms with van der Waals surface area (Å²) >= 11 is 1.39. The number of benzene rings is 2. The van der Waals surface area contributed by atoms with Crippen LogP contribution < -0.4 is 5.43 Å². The third-order valence-electron chi connectivity index (χ3n) is 3.70. The summed E-state index contributed by atoms with van der Waals surface area (Å²) in [5.74, 6) is -0.185. The van der Waals surface area contributed by atoms with E-state index in [1.807, 2.05) is 61.5 Å². The Hall–Kier alpha value is -2.99. The average Bonchev–Trinajstić information content (AvgIpc) is 3.20. The van der Waals surface area contributed by atoms with Crippen LogP contribution in [0.25, 0.3) is 21.6 Å². The molecule has 0 aliphatic heterocycles. The van der Waals surface area contributed by atoms with Crippen molar-refractivity contribution in [1.82, 2.24) is 14.6 Å². The van der Waals surface area contributed by atoms with Gasteiger partial charge in [0.15, 0.2) is 0 Å². The zero-order valence-corrected chi connectivity index (χ0v) is 13.7. The summed E-state index contributed by atoms with van der Waals surface area (Å²) in [7, 11) is 0. The Morgan fingerprint density at radius 2 is 1.83 bits per heavy atom. The Morgan fingerprint density at radius 1 is 1.08 bits per heavy atom. The first-order valence-corrected chi connectivity index (χ1v) is 8.30. The molecular weight excluding hydrogens is 320 g/mol. The van der Waals surface area contributed by atoms with Crippen molar-refractivity contribution in [3.8, 4) is 10.6 Å². The maximum Gasteiger partial charge on any atom is 0.282 e. The molecule has 5 nitrogen and oxygen atoms in total. The highest BCUT2D eigenvalue weighted by Crippen LogP contribution is 2.27. The van der Waals surface area contributed by atoms with Gasteiger partial charge in [0.2, 0.25) is 0 Å². The van der Waals surface area contributed by atoms with E-state index in [1.54, 1.807) is 11.0 Å². The number of amides is 1. The fourth-order valence-corrected chi connectivity index (χ4v) is 3.48. The predicted molar refractivity (Wildman–Crippen MR) is 95.7 cm³/mol. The number of hydrogen-bond donors (Lipinski definition) is 1. The van der Waals surface area contributed by atoms with Crippen LogP contribution in [0.3, 0.4) is 0 Å². The molecule has 0 spiro atoms. The third-order valence-corrected chi connectivity index (χ3v) is 4.90. The molecule has 1 N–H and O–H groups in total. The molecule has 4 aromatic rings. The number of aromatic nitrogens is 3. The second-order valence-corrected chi connectivity index (χ2v) is 6.34. The van der Waals surface area contributed by atoms with Crippen molar-refractivity contribution in [1.29, 1.82) is 0 Å². The molecule has 2 heterocycles. The zero-order chi connectivity index (χ0) is 16.5. The SMILES string of the molecule is Cc1nc(-c2ccccc2)sc1C(=O)Nn1cnc2ccccc21. The number of nitrogens with zero attached hydrogens (tertiary/aromatic N) is 3. The van der Waals surface area contributed by atoms with E-state index in [2.05, 4.69) is 15.4 Å². The van der Waals surface area contributed by atoms with Crippen molar-refractivity contribution in [2.75, 3.05) is 5.43 Å². The fourth-order valence-electron chi connectivity index (χ4n) is 2.52. The summed E-state index contributed by atoms with van der Waals surface area (Å²) < 4.78 is 1.64. The van der Waals surface area contributed by atoms with Gasteiger partial charge in [-0.15, -0.1) is 11.3 Å². The predicted octanol–water partition coefficient (Wildman–Crippen LogP) is 3.85. The molecule has 4 rings (SSSR count). The van der Waals surface area contributed by atoms with E-state index in [-0.39, 0.29) is 5.91 Å². The summed E-state index contributed by atoms with van der Waals surface area (Å²) in [4.78, 5) is 22.0. The lowest BCUT2D eigenvalue weighted by Crippen LogP contribution is -2.21. The Balaban J connectivity index is 1.64. The van der Waals surface area contributed by atoms with Crippen molar-refractivity contribution in [3.63, 3.8) is 0 Å². The molecule has 24 heavy (non-hydrogen) atoms. The number of rotatable bonds is 3. The van der Waals surface area contributed by atoms with Gasteiger partial charge in [0.05, 0.1) is 16.7 Å². The van der Waals surface area contributed by atoms with E-state index in [1.165, 1.54) is 11.3 Å². The van der Waals surface area contributed by atoms with E-state index >= 15 is 0 Å². The molecule has 1 amide bonds. The Bertz CT molecular complexity index is 1020. The minimum atomic E-state index is -0.185. The van der Waals surface area contributed by atoms with Gasteiger partial charge < -0.3 is 0 Å². The zero-order valence-electron chi connectivity index (χ0n) is 12.9. The summed E-state index contributed by atoms with van der Waals surface area (Å²) in [5.41, 5.74) is 6.30. The monoisotopic (exact) mass is 334 g/mol. The van der Waals surface area contributed by atoms with E-state index in [0.29, 0.717) is 4.88 Å². The first-order chi connectivity index (χ1) is 11.7. The average molecular weight is 334 g/mol. The highest BCUT2D eigenvalue weighted by atomic mass is 32.1. The van der Waals surface area contributed by atoms with E-state index in [0.717, 1.165) is 27.3 Å². The lowest BCUT2D eigenvalue weighted by atomic mass is 10.2. The van der Waals surface area contributed by atoms with Crippen LogP contribution in [-0.4, -0.2) is 20.6 Å². The largest absolute Gasteiger partial charge is 0.282 e. The lowest BCUT2D eigenvalue weighted by Gasteiger charge is -2.05. The van der Waals surface area contributed by atoms with Crippen LogP contribution in [-0.2, 0) is 0 Å². The molecule has 0 unspecified atom stereocenters. The molecular formula is C18H14N4OS. The second kappa shape index (κ2) is 5.90. The highest BCUT2D eigenvalue weighted by molar-refractivity contribution is 7.17. The van der Waals surface area contributed by atoms with Crippen LogP contribution in [0.15, 0.2) is 60.9 Å². The van der Waals surface area contributed by atoms with Crippen molar-refractivity contribution in [3.05, 3.63) is 71.5 Å². The van der Waals surface area contributed by atoms with Crippen LogP contribution in [0.2, 0.25) is 0 Å². The van der Waals surface area contributed by atoms with Gasteiger partial charge in [-0.1, -0.05) is 42.5 Å². The number of carbonyl (C=O) groups excluding carboxylic acids is 1. The Labute approximate surface area is 142 Å². The van der Waals surface area contributed by atoms with Crippen LogP contribution in [0, 0.1) is 6.92 Å². The minimum Gasteiger partial charge on any atom is -0.266 e. The fraction of sp³-hybridized carbons (Fsp3) is 0.0556. The molecule has 0 radical (unpaired) electrons. The van der Waals surface area contributed by atoms with E-state index in [9.17, 15) is 4.79 Å². The van der Waals surface area contributed by atoms with E-state index in [4.69, 9.17) is 0 Å². The molecule has 0 aliphatic carbocycles. The van der Waals surface area contributed by atoms with Gasteiger partial charge in [-0.05, 0) is 19.1 Å². The number of thiazole rings is 1. The molecule has 0 atom stereocenters. The van der Waals surface area contributed by atoms with Crippen molar-refractivity contribution in [2.24, 2.45) is 0 Å². The Kier molecular flexibility index (Phi) is 3.59. The normalized spacial score (nSPS) is 10.9. The van der Waals surface area contributed by atoms with Gasteiger partial charge in [0.25, 0.3) is 5.91 Å². The van der Waals surface area contributed by atoms with Crippen LogP contribution in [0.4, 0.5) is 0 Å². The first-order valence-electron chi connectivity index (χ1n) is 7.48. The van der Waals surface area contributed by atoms with Gasteiger partial charge in [-0.3, -0.25) is 10.2 Å². The molecule has 2 aromatic carbocycles. The summed E-state index contributed by atoms with van der Waals surface area (Å²) in [6, 6.07) is 17.5. The molecule has 0 fully saturated rings. The first kappa shape index (κ1) is 14.6. The lowest BCUT2D eigenvalue weighted by molar-refractivity contribution is 0.101. The van der Waals surface area contributed by atoms with Gasteiger partial charge in [-0.2, -0.15) is 0 Å². The van der Waals surface area contributed by atoms with Crippen molar-refractivity contribution in [2.45, 2.75) is 6.92 Å². The molecule has 0 bridgehead atoms. The van der Waals surface area contributed by atoms with Gasteiger partial charge in [0.1, 0.15) is 16.2 Å². The highest BCUT2D eigenvalue weighted by Gasteiger charge is 2.17. The summed E-state index contributed by atoms with van der Waals surface area (Å²) in [6.45, 7) is 1.85. The van der Waals surface area contributed by atoms with Crippen LogP contribution in [0.1, 0.15) is 15.4 Å². The van der Waals surface area contributed by atoms with Crippen LogP contribution >= 0.6 is 11.3 Å². The topological polar surface area (TPSA) is 59.8 Å². The number of hydrogen-bond acceptors (Lipinski definition) is 4. The third kappa shape index (κ3) is 2.57. The molecule has 0 saturated heterocycles. The molecule has 118 valence electrons. The minimum absolute atomic E-state index is 0.185. The molecule has 0 saturated carbocycles. The maximum absolute atomic E-state index is 12.6. The number of nitrogens with one attached hydrogen (secondary N) is 1. The smallest absolute Gasteiger partial charge is 0.266 e. The second-order valence-electron chi connectivity index (χ2n) is 5.34. The number of imidazole rings is 1. The number of aryl methyl sites for hydroxylation is 1. The van der Waals surface area contributed by atoms with Gasteiger partial charge >= 0.3 is 0 Å². The maximum atomic E-state index is 12.6. The van der Waals surface area contributed by atoms with Crippen molar-refractivity contribution >= 4 is 28.3 Å². The molecule has 0 aliphatic rings. The van der Waals surface area contributed by atoms with Gasteiger partial charge in [-0.25, -0.2) is 14.6 Å².